The maximum absolute atomic E-state index is 10.1. The van der Waals surface area contributed by atoms with Gasteiger partial charge in [-0.3, -0.25) is 0 Å². The van der Waals surface area contributed by atoms with Crippen LogP contribution in [0.1, 0.15) is 82.4 Å². The summed E-state index contributed by atoms with van der Waals surface area (Å²) in [5.41, 5.74) is 2.41. The molecule has 1 atom stereocenters. The van der Waals surface area contributed by atoms with Gasteiger partial charge in [0.05, 0.1) is 6.10 Å². The van der Waals surface area contributed by atoms with Gasteiger partial charge in [0.2, 0.25) is 0 Å². The van der Waals surface area contributed by atoms with Crippen LogP contribution in [0.3, 0.4) is 0 Å². The van der Waals surface area contributed by atoms with Gasteiger partial charge in [0.1, 0.15) is 0 Å². The lowest BCUT2D eigenvalue weighted by molar-refractivity contribution is 0.163. The summed E-state index contributed by atoms with van der Waals surface area (Å²) in [6.07, 6.45) is 10.8. The summed E-state index contributed by atoms with van der Waals surface area (Å²) in [6, 6.07) is 8.40. The molecule has 1 nitrogen and oxygen atoms in total. The van der Waals surface area contributed by atoms with Crippen LogP contribution in [0.25, 0.3) is 0 Å². The van der Waals surface area contributed by atoms with Gasteiger partial charge in [-0.25, -0.2) is 0 Å². The molecule has 0 radical (unpaired) electrons. The van der Waals surface area contributed by atoms with Gasteiger partial charge in [-0.2, -0.15) is 0 Å². The van der Waals surface area contributed by atoms with E-state index in [-0.39, 0.29) is 6.10 Å². The first-order chi connectivity index (χ1) is 9.27. The third-order valence-electron chi connectivity index (χ3n) is 3.85. The Bertz CT molecular complexity index is 315. The predicted octanol–water partition coefficient (Wildman–Crippen LogP) is 5.42. The SMILES string of the molecule is CCCCCCCCCC(O)c1ccc(CC)cc1. The zero-order valence-electron chi connectivity index (χ0n) is 12.7. The van der Waals surface area contributed by atoms with Gasteiger partial charge in [-0.15, -0.1) is 0 Å². The average Bonchev–Trinajstić information content (AvgIpc) is 2.46. The van der Waals surface area contributed by atoms with Crippen LogP contribution in [-0.4, -0.2) is 5.11 Å². The highest BCUT2D eigenvalue weighted by atomic mass is 16.3. The van der Waals surface area contributed by atoms with Gasteiger partial charge in [0.25, 0.3) is 0 Å². The lowest BCUT2D eigenvalue weighted by Gasteiger charge is -2.11. The van der Waals surface area contributed by atoms with Crippen molar-refractivity contribution in [3.63, 3.8) is 0 Å². The van der Waals surface area contributed by atoms with E-state index in [2.05, 4.69) is 38.1 Å². The summed E-state index contributed by atoms with van der Waals surface area (Å²) in [6.45, 7) is 4.41. The Hall–Kier alpha value is -0.820. The van der Waals surface area contributed by atoms with Crippen molar-refractivity contribution in [3.05, 3.63) is 35.4 Å². The number of unbranched alkanes of at least 4 members (excludes halogenated alkanes) is 6. The number of benzene rings is 1. The fourth-order valence-corrected chi connectivity index (χ4v) is 2.44. The molecule has 0 fully saturated rings. The molecule has 0 aliphatic carbocycles. The molecule has 0 spiro atoms. The van der Waals surface area contributed by atoms with Gasteiger partial charge >= 0.3 is 0 Å². The Balaban J connectivity index is 2.14. The zero-order valence-corrected chi connectivity index (χ0v) is 12.7. The molecule has 0 aliphatic heterocycles. The van der Waals surface area contributed by atoms with Crippen molar-refractivity contribution in [2.24, 2.45) is 0 Å². The van der Waals surface area contributed by atoms with Gasteiger partial charge in [-0.05, 0) is 24.0 Å². The zero-order chi connectivity index (χ0) is 13.9. The van der Waals surface area contributed by atoms with Crippen molar-refractivity contribution in [2.45, 2.75) is 77.7 Å². The number of aliphatic hydroxyl groups is 1. The smallest absolute Gasteiger partial charge is 0.0790 e. The van der Waals surface area contributed by atoms with E-state index in [9.17, 15) is 5.11 Å². The van der Waals surface area contributed by atoms with Crippen LogP contribution in [0.15, 0.2) is 24.3 Å². The Kier molecular flexibility index (Phi) is 8.57. The molecule has 1 aromatic carbocycles. The Labute approximate surface area is 119 Å². The number of aliphatic hydroxyl groups excluding tert-OH is 1. The maximum Gasteiger partial charge on any atom is 0.0790 e. The summed E-state index contributed by atoms with van der Waals surface area (Å²) in [4.78, 5) is 0. The van der Waals surface area contributed by atoms with E-state index in [4.69, 9.17) is 0 Å². The molecule has 108 valence electrons. The minimum atomic E-state index is -0.276. The van der Waals surface area contributed by atoms with Crippen molar-refractivity contribution < 1.29 is 5.11 Å². The lowest BCUT2D eigenvalue weighted by Crippen LogP contribution is -1.97. The van der Waals surface area contributed by atoms with Crippen LogP contribution in [0.2, 0.25) is 0 Å². The van der Waals surface area contributed by atoms with Crippen LogP contribution >= 0.6 is 0 Å². The molecule has 0 heterocycles. The highest BCUT2D eigenvalue weighted by Gasteiger charge is 2.06. The Morgan fingerprint density at radius 2 is 1.42 bits per heavy atom. The fourth-order valence-electron chi connectivity index (χ4n) is 2.44. The number of hydrogen-bond donors (Lipinski definition) is 1. The van der Waals surface area contributed by atoms with Crippen LogP contribution in [0.5, 0.6) is 0 Å². The minimum Gasteiger partial charge on any atom is -0.388 e. The van der Waals surface area contributed by atoms with Crippen LogP contribution in [-0.2, 0) is 6.42 Å². The monoisotopic (exact) mass is 262 g/mol. The van der Waals surface area contributed by atoms with Crippen molar-refractivity contribution in [1.29, 1.82) is 0 Å². The molecular weight excluding hydrogens is 232 g/mol. The summed E-state index contributed by atoms with van der Waals surface area (Å²) >= 11 is 0. The molecule has 1 rings (SSSR count). The van der Waals surface area contributed by atoms with E-state index < -0.39 is 0 Å². The van der Waals surface area contributed by atoms with Crippen LogP contribution in [0, 0.1) is 0 Å². The largest absolute Gasteiger partial charge is 0.388 e. The minimum absolute atomic E-state index is 0.276. The van der Waals surface area contributed by atoms with Gasteiger partial charge < -0.3 is 5.11 Å². The van der Waals surface area contributed by atoms with Crippen molar-refractivity contribution >= 4 is 0 Å². The van der Waals surface area contributed by atoms with E-state index in [0.29, 0.717) is 0 Å². The topological polar surface area (TPSA) is 20.2 Å². The van der Waals surface area contributed by atoms with Gasteiger partial charge in [0, 0.05) is 0 Å². The molecule has 0 aromatic heterocycles. The third kappa shape index (κ3) is 6.77. The molecule has 0 saturated heterocycles. The Morgan fingerprint density at radius 1 is 0.842 bits per heavy atom. The molecule has 1 unspecified atom stereocenters. The summed E-state index contributed by atoms with van der Waals surface area (Å²) in [7, 11) is 0. The lowest BCUT2D eigenvalue weighted by atomic mass is 10.0. The number of rotatable bonds is 10. The molecule has 0 saturated carbocycles. The van der Waals surface area contributed by atoms with Gasteiger partial charge in [0.15, 0.2) is 0 Å². The third-order valence-corrected chi connectivity index (χ3v) is 3.85. The summed E-state index contributed by atoms with van der Waals surface area (Å²) < 4.78 is 0. The molecule has 0 amide bonds. The molecule has 19 heavy (non-hydrogen) atoms. The molecule has 0 aliphatic rings. The number of aryl methyl sites for hydroxylation is 1. The second-order valence-corrected chi connectivity index (χ2v) is 5.52. The molecular formula is C18H30O. The Morgan fingerprint density at radius 3 is 2.00 bits per heavy atom. The first-order valence-corrected chi connectivity index (χ1v) is 8.04. The summed E-state index contributed by atoms with van der Waals surface area (Å²) in [5, 5.41) is 10.1. The standard InChI is InChI=1S/C18H30O/c1-3-5-6-7-8-9-10-11-18(19)17-14-12-16(4-2)13-15-17/h12-15,18-19H,3-11H2,1-2H3. The van der Waals surface area contributed by atoms with E-state index in [0.717, 1.165) is 24.8 Å². The predicted molar refractivity (Wildman–Crippen MR) is 83.4 cm³/mol. The van der Waals surface area contributed by atoms with E-state index in [1.54, 1.807) is 0 Å². The van der Waals surface area contributed by atoms with Crippen LogP contribution < -0.4 is 0 Å². The fraction of sp³-hybridized carbons (Fsp3) is 0.667. The first kappa shape index (κ1) is 16.2. The molecule has 1 N–H and O–H groups in total. The van der Waals surface area contributed by atoms with E-state index in [1.807, 2.05) is 0 Å². The van der Waals surface area contributed by atoms with Crippen LogP contribution in [0.4, 0.5) is 0 Å². The maximum atomic E-state index is 10.1. The van der Waals surface area contributed by atoms with Crippen molar-refractivity contribution in [2.75, 3.05) is 0 Å². The second-order valence-electron chi connectivity index (χ2n) is 5.52. The van der Waals surface area contributed by atoms with Crippen molar-refractivity contribution in [3.8, 4) is 0 Å². The molecule has 1 aromatic rings. The molecule has 0 bridgehead atoms. The highest BCUT2D eigenvalue weighted by Crippen LogP contribution is 2.20. The summed E-state index contributed by atoms with van der Waals surface area (Å²) in [5.74, 6) is 0. The van der Waals surface area contributed by atoms with Gasteiger partial charge in [-0.1, -0.05) is 83.1 Å². The first-order valence-electron chi connectivity index (χ1n) is 8.04. The van der Waals surface area contributed by atoms with E-state index in [1.165, 1.54) is 44.1 Å². The number of hydrogen-bond acceptors (Lipinski definition) is 1. The quantitative estimate of drug-likeness (QED) is 0.558. The average molecular weight is 262 g/mol. The highest BCUT2D eigenvalue weighted by molar-refractivity contribution is 5.23. The second kappa shape index (κ2) is 10.0. The normalized spacial score (nSPS) is 12.6. The van der Waals surface area contributed by atoms with E-state index >= 15 is 0 Å². The van der Waals surface area contributed by atoms with Crippen molar-refractivity contribution in [1.82, 2.24) is 0 Å². The molecule has 1 heteroatoms.